The van der Waals surface area contributed by atoms with E-state index in [-0.39, 0.29) is 0 Å². The summed E-state index contributed by atoms with van der Waals surface area (Å²) in [6, 6.07) is 20.6. The number of nitrogens with two attached hydrogens (primary N) is 1. The van der Waals surface area contributed by atoms with Crippen LogP contribution in [0.4, 0.5) is 5.82 Å². The molecule has 0 aliphatic rings. The average molecular weight is 263 g/mol. The van der Waals surface area contributed by atoms with Crippen molar-refractivity contribution in [1.29, 1.82) is 0 Å². The molecule has 2 N–H and O–H groups in total. The van der Waals surface area contributed by atoms with Crippen LogP contribution in [0.2, 0.25) is 0 Å². The van der Waals surface area contributed by atoms with Gasteiger partial charge >= 0.3 is 0 Å². The third kappa shape index (κ3) is 2.43. The number of benzene rings is 2. The maximum atomic E-state index is 5.79. The largest absolute Gasteiger partial charge is 0.382 e. The SMILES string of the molecule is Cc1cc(N)nn1-c1ccccc1Cc1ccccc1. The van der Waals surface area contributed by atoms with E-state index in [2.05, 4.69) is 47.6 Å². The van der Waals surface area contributed by atoms with E-state index in [0.717, 1.165) is 17.8 Å². The van der Waals surface area contributed by atoms with Crippen molar-refractivity contribution in [1.82, 2.24) is 9.78 Å². The molecule has 0 fully saturated rings. The van der Waals surface area contributed by atoms with Gasteiger partial charge in [-0.2, -0.15) is 5.10 Å². The highest BCUT2D eigenvalue weighted by molar-refractivity contribution is 5.46. The van der Waals surface area contributed by atoms with Crippen LogP contribution in [0.3, 0.4) is 0 Å². The summed E-state index contributed by atoms with van der Waals surface area (Å²) in [7, 11) is 0. The summed E-state index contributed by atoms with van der Waals surface area (Å²) in [6.45, 7) is 2.02. The number of nitrogens with zero attached hydrogens (tertiary/aromatic N) is 2. The number of hydrogen-bond acceptors (Lipinski definition) is 2. The van der Waals surface area contributed by atoms with E-state index in [1.807, 2.05) is 29.8 Å². The van der Waals surface area contributed by atoms with Crippen LogP contribution in [0.25, 0.3) is 5.69 Å². The van der Waals surface area contributed by atoms with Crippen molar-refractivity contribution in [3.8, 4) is 5.69 Å². The molecule has 1 aromatic heterocycles. The lowest BCUT2D eigenvalue weighted by Gasteiger charge is -2.11. The Labute approximate surface area is 118 Å². The number of nitrogen functional groups attached to an aromatic ring is 1. The third-order valence-electron chi connectivity index (χ3n) is 3.36. The van der Waals surface area contributed by atoms with Gasteiger partial charge in [-0.3, -0.25) is 0 Å². The van der Waals surface area contributed by atoms with Crippen LogP contribution in [-0.2, 0) is 6.42 Å². The molecule has 0 spiro atoms. The number of aryl methyl sites for hydroxylation is 1. The van der Waals surface area contributed by atoms with Gasteiger partial charge < -0.3 is 5.73 Å². The Morgan fingerprint density at radius 1 is 1.00 bits per heavy atom. The van der Waals surface area contributed by atoms with E-state index in [1.165, 1.54) is 11.1 Å². The maximum Gasteiger partial charge on any atom is 0.146 e. The summed E-state index contributed by atoms with van der Waals surface area (Å²) in [5, 5.41) is 4.38. The van der Waals surface area contributed by atoms with E-state index in [0.29, 0.717) is 5.82 Å². The molecule has 0 aliphatic heterocycles. The number of para-hydroxylation sites is 1. The van der Waals surface area contributed by atoms with Crippen molar-refractivity contribution in [3.05, 3.63) is 77.5 Å². The maximum absolute atomic E-state index is 5.79. The normalized spacial score (nSPS) is 10.7. The van der Waals surface area contributed by atoms with Crippen molar-refractivity contribution >= 4 is 5.82 Å². The van der Waals surface area contributed by atoms with Gasteiger partial charge in [-0.15, -0.1) is 0 Å². The third-order valence-corrected chi connectivity index (χ3v) is 3.36. The molecule has 0 saturated heterocycles. The fraction of sp³-hybridized carbons (Fsp3) is 0.118. The van der Waals surface area contributed by atoms with E-state index in [9.17, 15) is 0 Å². The first-order valence-electron chi connectivity index (χ1n) is 6.68. The van der Waals surface area contributed by atoms with Crippen molar-refractivity contribution in [2.75, 3.05) is 5.73 Å². The topological polar surface area (TPSA) is 43.8 Å². The van der Waals surface area contributed by atoms with Crippen molar-refractivity contribution < 1.29 is 0 Å². The highest BCUT2D eigenvalue weighted by atomic mass is 15.3. The predicted octanol–water partition coefficient (Wildman–Crippen LogP) is 3.35. The van der Waals surface area contributed by atoms with Crippen LogP contribution in [0.15, 0.2) is 60.7 Å². The minimum Gasteiger partial charge on any atom is -0.382 e. The van der Waals surface area contributed by atoms with Crippen LogP contribution < -0.4 is 5.73 Å². The molecule has 100 valence electrons. The lowest BCUT2D eigenvalue weighted by atomic mass is 10.0. The second kappa shape index (κ2) is 5.21. The van der Waals surface area contributed by atoms with Crippen LogP contribution in [-0.4, -0.2) is 9.78 Å². The lowest BCUT2D eigenvalue weighted by molar-refractivity contribution is 0.839. The molecule has 0 atom stereocenters. The van der Waals surface area contributed by atoms with Crippen LogP contribution >= 0.6 is 0 Å². The Bertz CT molecular complexity index is 714. The van der Waals surface area contributed by atoms with Crippen LogP contribution in [0, 0.1) is 6.92 Å². The Balaban J connectivity index is 2.03. The molecule has 0 radical (unpaired) electrons. The quantitative estimate of drug-likeness (QED) is 0.787. The number of aromatic nitrogens is 2. The van der Waals surface area contributed by atoms with Gasteiger partial charge in [0.05, 0.1) is 5.69 Å². The van der Waals surface area contributed by atoms with Crippen LogP contribution in [0.1, 0.15) is 16.8 Å². The molecule has 2 aromatic carbocycles. The van der Waals surface area contributed by atoms with Gasteiger partial charge in [0, 0.05) is 11.8 Å². The molecule has 3 heteroatoms. The molecular formula is C17H17N3. The first-order valence-corrected chi connectivity index (χ1v) is 6.68. The van der Waals surface area contributed by atoms with Gasteiger partial charge in [0.1, 0.15) is 5.82 Å². The predicted molar refractivity (Wildman–Crippen MR) is 82.0 cm³/mol. The first-order chi connectivity index (χ1) is 9.74. The average Bonchev–Trinajstić information content (AvgIpc) is 2.79. The standard InChI is InChI=1S/C17H17N3/c1-13-11-17(18)19-20(13)16-10-6-5-9-15(16)12-14-7-3-2-4-8-14/h2-11H,12H2,1H3,(H2,18,19). The Hall–Kier alpha value is -2.55. The minimum absolute atomic E-state index is 0.553. The molecule has 3 aromatic rings. The second-order valence-corrected chi connectivity index (χ2v) is 4.91. The van der Waals surface area contributed by atoms with Gasteiger partial charge in [0.2, 0.25) is 0 Å². The zero-order chi connectivity index (χ0) is 13.9. The summed E-state index contributed by atoms with van der Waals surface area (Å²) in [5.74, 6) is 0.553. The monoisotopic (exact) mass is 263 g/mol. The Morgan fingerprint density at radius 2 is 1.70 bits per heavy atom. The summed E-state index contributed by atoms with van der Waals surface area (Å²) in [4.78, 5) is 0. The molecule has 0 bridgehead atoms. The summed E-state index contributed by atoms with van der Waals surface area (Å²) < 4.78 is 1.91. The van der Waals surface area contributed by atoms with Crippen LogP contribution in [0.5, 0.6) is 0 Å². The number of anilines is 1. The van der Waals surface area contributed by atoms with Crippen molar-refractivity contribution in [2.24, 2.45) is 0 Å². The molecule has 0 saturated carbocycles. The zero-order valence-corrected chi connectivity index (χ0v) is 11.5. The van der Waals surface area contributed by atoms with Gasteiger partial charge in [-0.25, -0.2) is 4.68 Å². The molecule has 1 heterocycles. The summed E-state index contributed by atoms with van der Waals surface area (Å²) in [5.41, 5.74) is 10.5. The van der Waals surface area contributed by atoms with Crippen molar-refractivity contribution in [3.63, 3.8) is 0 Å². The first kappa shape index (κ1) is 12.5. The van der Waals surface area contributed by atoms with Gasteiger partial charge in [0.25, 0.3) is 0 Å². The van der Waals surface area contributed by atoms with E-state index >= 15 is 0 Å². The van der Waals surface area contributed by atoms with E-state index < -0.39 is 0 Å². The molecule has 0 amide bonds. The highest BCUT2D eigenvalue weighted by Crippen LogP contribution is 2.20. The summed E-state index contributed by atoms with van der Waals surface area (Å²) in [6.07, 6.45) is 0.885. The molecule has 3 rings (SSSR count). The number of hydrogen-bond donors (Lipinski definition) is 1. The van der Waals surface area contributed by atoms with Gasteiger partial charge in [0.15, 0.2) is 0 Å². The molecule has 20 heavy (non-hydrogen) atoms. The fourth-order valence-corrected chi connectivity index (χ4v) is 2.42. The van der Waals surface area contributed by atoms with E-state index in [4.69, 9.17) is 5.73 Å². The molecular weight excluding hydrogens is 246 g/mol. The fourth-order valence-electron chi connectivity index (χ4n) is 2.42. The summed E-state index contributed by atoms with van der Waals surface area (Å²) >= 11 is 0. The smallest absolute Gasteiger partial charge is 0.146 e. The Kier molecular flexibility index (Phi) is 3.25. The zero-order valence-electron chi connectivity index (χ0n) is 11.5. The molecule has 0 unspecified atom stereocenters. The Morgan fingerprint density at radius 3 is 2.40 bits per heavy atom. The number of rotatable bonds is 3. The second-order valence-electron chi connectivity index (χ2n) is 4.91. The van der Waals surface area contributed by atoms with Gasteiger partial charge in [-0.05, 0) is 30.5 Å². The molecule has 3 nitrogen and oxygen atoms in total. The minimum atomic E-state index is 0.553. The highest BCUT2D eigenvalue weighted by Gasteiger charge is 2.09. The molecule has 0 aliphatic carbocycles. The lowest BCUT2D eigenvalue weighted by Crippen LogP contribution is -2.04. The van der Waals surface area contributed by atoms with Crippen molar-refractivity contribution in [2.45, 2.75) is 13.3 Å². The van der Waals surface area contributed by atoms with E-state index in [1.54, 1.807) is 0 Å². The van der Waals surface area contributed by atoms with Gasteiger partial charge in [-0.1, -0.05) is 48.5 Å².